The van der Waals surface area contributed by atoms with Crippen molar-refractivity contribution in [3.63, 3.8) is 0 Å². The zero-order chi connectivity index (χ0) is 7.68. The van der Waals surface area contributed by atoms with Crippen molar-refractivity contribution in [2.45, 2.75) is 6.42 Å². The van der Waals surface area contributed by atoms with Crippen molar-refractivity contribution in [1.82, 2.24) is 0 Å². The minimum atomic E-state index is 0.895. The molecule has 2 heteroatoms. The number of hydrogen-bond acceptors (Lipinski definition) is 2. The van der Waals surface area contributed by atoms with E-state index in [0.717, 1.165) is 12.1 Å². The molecule has 0 aliphatic heterocycles. The molecule has 1 nitrogen and oxygen atoms in total. The maximum Gasteiger partial charge on any atom is 0.0306 e. The van der Waals surface area contributed by atoms with Crippen molar-refractivity contribution >= 4 is 17.4 Å². The van der Waals surface area contributed by atoms with Crippen LogP contribution < -0.4 is 5.73 Å². The maximum atomic E-state index is 5.72. The minimum Gasteiger partial charge on any atom is -0.402 e. The van der Waals surface area contributed by atoms with Gasteiger partial charge in [-0.2, -0.15) is 0 Å². The Morgan fingerprint density at radius 1 is 1.45 bits per heavy atom. The van der Waals surface area contributed by atoms with E-state index in [0.29, 0.717) is 0 Å². The van der Waals surface area contributed by atoms with E-state index in [1.54, 1.807) is 11.3 Å². The molecule has 0 radical (unpaired) electrons. The first-order valence-electron chi connectivity index (χ1n) is 3.55. The molecule has 2 rings (SSSR count). The van der Waals surface area contributed by atoms with Gasteiger partial charge < -0.3 is 5.73 Å². The van der Waals surface area contributed by atoms with Crippen LogP contribution in [0.25, 0.3) is 6.08 Å². The molecule has 2 N–H and O–H groups in total. The summed E-state index contributed by atoms with van der Waals surface area (Å²) in [6.45, 7) is 0. The molecule has 0 bridgehead atoms. The van der Waals surface area contributed by atoms with Gasteiger partial charge in [0.15, 0.2) is 0 Å². The van der Waals surface area contributed by atoms with Crippen LogP contribution in [0.4, 0.5) is 0 Å². The second kappa shape index (κ2) is 2.55. The van der Waals surface area contributed by atoms with Crippen molar-refractivity contribution < 1.29 is 0 Å². The van der Waals surface area contributed by atoms with Crippen molar-refractivity contribution in [2.75, 3.05) is 0 Å². The van der Waals surface area contributed by atoms with Crippen LogP contribution in [0.3, 0.4) is 0 Å². The zero-order valence-corrected chi connectivity index (χ0v) is 6.90. The fraction of sp³-hybridized carbons (Fsp3) is 0.111. The average Bonchev–Trinajstić information content (AvgIpc) is 2.31. The van der Waals surface area contributed by atoms with Gasteiger partial charge in [-0.1, -0.05) is 6.08 Å². The van der Waals surface area contributed by atoms with Gasteiger partial charge in [0.05, 0.1) is 0 Å². The number of hydrogen-bond donors (Lipinski definition) is 1. The molecule has 0 unspecified atom stereocenters. The quantitative estimate of drug-likeness (QED) is 0.623. The zero-order valence-electron chi connectivity index (χ0n) is 6.08. The lowest BCUT2D eigenvalue weighted by atomic mass is 10.2. The second-order valence-electron chi connectivity index (χ2n) is 2.59. The highest BCUT2D eigenvalue weighted by molar-refractivity contribution is 7.11. The first-order chi connectivity index (χ1) is 5.36. The van der Waals surface area contributed by atoms with Gasteiger partial charge in [-0.15, -0.1) is 11.3 Å². The summed E-state index contributed by atoms with van der Waals surface area (Å²) in [7, 11) is 0. The monoisotopic (exact) mass is 163 g/mol. The van der Waals surface area contributed by atoms with Gasteiger partial charge in [0.1, 0.15) is 0 Å². The van der Waals surface area contributed by atoms with Crippen molar-refractivity contribution in [1.29, 1.82) is 0 Å². The Morgan fingerprint density at radius 2 is 2.36 bits per heavy atom. The summed E-state index contributed by atoms with van der Waals surface area (Å²) in [5, 5.41) is 2.10. The topological polar surface area (TPSA) is 26.0 Å². The summed E-state index contributed by atoms with van der Waals surface area (Å²) in [5.41, 5.74) is 8.01. The molecule has 0 saturated carbocycles. The number of thiophene rings is 1. The summed E-state index contributed by atoms with van der Waals surface area (Å²) in [6, 6.07) is 2.14. The summed E-state index contributed by atoms with van der Waals surface area (Å²) in [4.78, 5) is 1.33. The molecule has 1 aromatic rings. The molecule has 0 fully saturated rings. The first-order valence-corrected chi connectivity index (χ1v) is 4.43. The Morgan fingerprint density at radius 3 is 3.27 bits per heavy atom. The predicted octanol–water partition coefficient (Wildman–Crippen LogP) is 2.16. The lowest BCUT2D eigenvalue weighted by Crippen LogP contribution is -1.99. The Bertz CT molecular complexity index is 320. The molecule has 0 amide bonds. The van der Waals surface area contributed by atoms with E-state index in [1.807, 2.05) is 12.2 Å². The van der Waals surface area contributed by atoms with Gasteiger partial charge in [-0.25, -0.2) is 0 Å². The van der Waals surface area contributed by atoms with Crippen LogP contribution in [0.1, 0.15) is 10.4 Å². The van der Waals surface area contributed by atoms with Crippen LogP contribution in [0.5, 0.6) is 0 Å². The third-order valence-electron chi connectivity index (χ3n) is 1.73. The Labute approximate surface area is 69.9 Å². The molecule has 56 valence electrons. The van der Waals surface area contributed by atoms with E-state index >= 15 is 0 Å². The highest BCUT2D eigenvalue weighted by Crippen LogP contribution is 2.22. The van der Waals surface area contributed by atoms with Crippen molar-refractivity contribution in [3.05, 3.63) is 39.7 Å². The Hall–Kier alpha value is -1.02. The number of rotatable bonds is 0. The third kappa shape index (κ3) is 1.21. The third-order valence-corrected chi connectivity index (χ3v) is 2.66. The summed E-state index contributed by atoms with van der Waals surface area (Å²) in [6.07, 6.45) is 6.98. The maximum absolute atomic E-state index is 5.72. The van der Waals surface area contributed by atoms with E-state index in [4.69, 9.17) is 5.73 Å². The lowest BCUT2D eigenvalue weighted by Gasteiger charge is -1.96. The molecular weight excluding hydrogens is 154 g/mol. The number of nitrogens with two attached hydrogens (primary N) is 1. The molecule has 1 heterocycles. The normalized spacial score (nSPS) is 15.5. The average molecular weight is 163 g/mol. The minimum absolute atomic E-state index is 0.895. The van der Waals surface area contributed by atoms with E-state index in [-0.39, 0.29) is 0 Å². The lowest BCUT2D eigenvalue weighted by molar-refractivity contribution is 1.12. The van der Waals surface area contributed by atoms with Crippen LogP contribution in [0.15, 0.2) is 29.3 Å². The largest absolute Gasteiger partial charge is 0.402 e. The molecule has 1 aromatic heterocycles. The molecule has 0 spiro atoms. The molecule has 1 aliphatic carbocycles. The van der Waals surface area contributed by atoms with Gasteiger partial charge >= 0.3 is 0 Å². The molecule has 0 atom stereocenters. The molecule has 0 aromatic carbocycles. The highest BCUT2D eigenvalue weighted by atomic mass is 32.1. The molecule has 11 heavy (non-hydrogen) atoms. The molecule has 1 aliphatic rings. The van der Waals surface area contributed by atoms with Crippen LogP contribution in [-0.4, -0.2) is 0 Å². The fourth-order valence-corrected chi connectivity index (χ4v) is 2.01. The number of allylic oxidation sites excluding steroid dienone is 3. The van der Waals surface area contributed by atoms with Crippen LogP contribution in [0, 0.1) is 0 Å². The Kier molecular flexibility index (Phi) is 1.55. The molecular formula is C9H9NS. The van der Waals surface area contributed by atoms with E-state index in [2.05, 4.69) is 17.5 Å². The van der Waals surface area contributed by atoms with Gasteiger partial charge in [0.25, 0.3) is 0 Å². The van der Waals surface area contributed by atoms with E-state index in [1.165, 1.54) is 10.4 Å². The van der Waals surface area contributed by atoms with Gasteiger partial charge in [-0.3, -0.25) is 0 Å². The summed E-state index contributed by atoms with van der Waals surface area (Å²) in [5.74, 6) is 0. The van der Waals surface area contributed by atoms with Crippen LogP contribution >= 0.6 is 11.3 Å². The Balaban J connectivity index is 2.47. The van der Waals surface area contributed by atoms with Gasteiger partial charge in [0.2, 0.25) is 0 Å². The first kappa shape index (κ1) is 6.68. The predicted molar refractivity (Wildman–Crippen MR) is 49.3 cm³/mol. The number of fused-ring (bicyclic) bond motifs is 1. The smallest absolute Gasteiger partial charge is 0.0306 e. The van der Waals surface area contributed by atoms with Gasteiger partial charge in [-0.05, 0) is 29.2 Å². The summed E-state index contributed by atoms with van der Waals surface area (Å²) < 4.78 is 0. The van der Waals surface area contributed by atoms with E-state index in [9.17, 15) is 0 Å². The summed E-state index contributed by atoms with van der Waals surface area (Å²) >= 11 is 1.77. The van der Waals surface area contributed by atoms with Crippen LogP contribution in [0.2, 0.25) is 0 Å². The highest BCUT2D eigenvalue weighted by Gasteiger charge is 2.03. The van der Waals surface area contributed by atoms with Crippen molar-refractivity contribution in [3.8, 4) is 0 Å². The fourth-order valence-electron chi connectivity index (χ4n) is 1.18. The SMILES string of the molecule is NC1=CC=Cc2sccc2C1. The standard InChI is InChI=1S/C9H9NS/c10-8-2-1-3-9-7(6-8)4-5-11-9/h1-5H,6,10H2. The van der Waals surface area contributed by atoms with E-state index < -0.39 is 0 Å². The van der Waals surface area contributed by atoms with Crippen LogP contribution in [-0.2, 0) is 6.42 Å². The van der Waals surface area contributed by atoms with Crippen molar-refractivity contribution in [2.24, 2.45) is 5.73 Å². The van der Waals surface area contributed by atoms with Gasteiger partial charge in [0, 0.05) is 17.0 Å². The molecule has 0 saturated heterocycles. The second-order valence-corrected chi connectivity index (χ2v) is 3.54.